The molecular weight excluding hydrogens is 336 g/mol. The fraction of sp³-hybridized carbons (Fsp3) is 0.292. The van der Waals surface area contributed by atoms with E-state index in [0.29, 0.717) is 0 Å². The minimum Gasteiger partial charge on any atom is -0.508 e. The van der Waals surface area contributed by atoms with Crippen LogP contribution in [0.5, 0.6) is 11.5 Å². The Bertz CT molecular complexity index is 836. The van der Waals surface area contributed by atoms with Gasteiger partial charge in [-0.3, -0.25) is 4.79 Å². The SMILES string of the molecule is CC1(C)CC(C)(C)C(=Cc2ccc(O)cc2)C(=O)C1=Cc1ccc(O)cc1. The van der Waals surface area contributed by atoms with Gasteiger partial charge >= 0.3 is 0 Å². The molecule has 1 saturated carbocycles. The van der Waals surface area contributed by atoms with Gasteiger partial charge in [0.2, 0.25) is 0 Å². The van der Waals surface area contributed by atoms with E-state index >= 15 is 0 Å². The van der Waals surface area contributed by atoms with Crippen molar-refractivity contribution in [2.24, 2.45) is 10.8 Å². The molecule has 0 heterocycles. The van der Waals surface area contributed by atoms with Crippen LogP contribution in [0, 0.1) is 10.8 Å². The van der Waals surface area contributed by atoms with Crippen LogP contribution in [0.4, 0.5) is 0 Å². The monoisotopic (exact) mass is 362 g/mol. The summed E-state index contributed by atoms with van der Waals surface area (Å²) in [5, 5.41) is 19.0. The van der Waals surface area contributed by atoms with Gasteiger partial charge in [-0.25, -0.2) is 0 Å². The lowest BCUT2D eigenvalue weighted by molar-refractivity contribution is -0.115. The van der Waals surface area contributed by atoms with Crippen molar-refractivity contribution in [3.8, 4) is 11.5 Å². The van der Waals surface area contributed by atoms with Gasteiger partial charge in [0, 0.05) is 11.1 Å². The maximum Gasteiger partial charge on any atom is 0.186 e. The number of carbonyl (C=O) groups excluding carboxylic acids is 1. The first kappa shape index (κ1) is 19.0. The Balaban J connectivity index is 2.08. The maximum atomic E-state index is 13.5. The minimum atomic E-state index is -0.259. The molecule has 2 aromatic rings. The molecule has 1 aliphatic carbocycles. The molecule has 2 aromatic carbocycles. The normalized spacial score (nSPS) is 21.6. The molecule has 0 amide bonds. The van der Waals surface area contributed by atoms with Crippen molar-refractivity contribution in [3.05, 3.63) is 70.8 Å². The van der Waals surface area contributed by atoms with Crippen LogP contribution in [-0.4, -0.2) is 16.0 Å². The third-order valence-corrected chi connectivity index (χ3v) is 5.24. The van der Waals surface area contributed by atoms with Gasteiger partial charge < -0.3 is 10.2 Å². The van der Waals surface area contributed by atoms with Gasteiger partial charge in [0.25, 0.3) is 0 Å². The Kier molecular flexibility index (Phi) is 4.73. The molecule has 3 nitrogen and oxygen atoms in total. The predicted molar refractivity (Wildman–Crippen MR) is 109 cm³/mol. The molecule has 0 spiro atoms. The Morgan fingerprint density at radius 1 is 0.704 bits per heavy atom. The lowest BCUT2D eigenvalue weighted by atomic mass is 9.59. The van der Waals surface area contributed by atoms with Crippen LogP contribution in [0.25, 0.3) is 12.2 Å². The van der Waals surface area contributed by atoms with E-state index < -0.39 is 0 Å². The summed E-state index contributed by atoms with van der Waals surface area (Å²) < 4.78 is 0. The molecule has 1 fully saturated rings. The molecule has 0 aromatic heterocycles. The maximum absolute atomic E-state index is 13.5. The molecule has 27 heavy (non-hydrogen) atoms. The van der Waals surface area contributed by atoms with E-state index in [9.17, 15) is 15.0 Å². The van der Waals surface area contributed by atoms with Crippen LogP contribution in [0.15, 0.2) is 59.7 Å². The third-order valence-electron chi connectivity index (χ3n) is 5.24. The minimum absolute atomic E-state index is 0.0531. The molecule has 2 N–H and O–H groups in total. The van der Waals surface area contributed by atoms with E-state index in [1.165, 1.54) is 0 Å². The van der Waals surface area contributed by atoms with E-state index in [1.807, 2.05) is 36.4 Å². The molecular formula is C24H26O3. The Morgan fingerprint density at radius 3 is 1.37 bits per heavy atom. The van der Waals surface area contributed by atoms with Crippen molar-refractivity contribution in [1.29, 1.82) is 0 Å². The lowest BCUT2D eigenvalue weighted by Crippen LogP contribution is -2.38. The number of carbonyl (C=O) groups is 1. The summed E-state index contributed by atoms with van der Waals surface area (Å²) in [7, 11) is 0. The largest absolute Gasteiger partial charge is 0.508 e. The zero-order valence-electron chi connectivity index (χ0n) is 16.3. The first-order valence-electron chi connectivity index (χ1n) is 9.16. The van der Waals surface area contributed by atoms with Crippen molar-refractivity contribution in [3.63, 3.8) is 0 Å². The quantitative estimate of drug-likeness (QED) is 0.685. The van der Waals surface area contributed by atoms with Crippen LogP contribution >= 0.6 is 0 Å². The number of phenols is 2. The van der Waals surface area contributed by atoms with Crippen LogP contribution < -0.4 is 0 Å². The average Bonchev–Trinajstić information content (AvgIpc) is 2.58. The number of rotatable bonds is 2. The molecule has 0 aliphatic heterocycles. The van der Waals surface area contributed by atoms with E-state index in [-0.39, 0.29) is 28.1 Å². The first-order valence-corrected chi connectivity index (χ1v) is 9.16. The first-order chi connectivity index (χ1) is 12.6. The summed E-state index contributed by atoms with van der Waals surface area (Å²) >= 11 is 0. The van der Waals surface area contributed by atoms with Gasteiger partial charge in [-0.2, -0.15) is 0 Å². The molecule has 3 heteroatoms. The fourth-order valence-electron chi connectivity index (χ4n) is 4.05. The van der Waals surface area contributed by atoms with E-state index in [0.717, 1.165) is 28.7 Å². The van der Waals surface area contributed by atoms with Gasteiger partial charge in [-0.05, 0) is 64.8 Å². The zero-order chi connectivity index (χ0) is 19.8. The van der Waals surface area contributed by atoms with Crippen LogP contribution in [0.3, 0.4) is 0 Å². The molecule has 0 saturated heterocycles. The third kappa shape index (κ3) is 3.97. The average molecular weight is 362 g/mol. The summed E-state index contributed by atoms with van der Waals surface area (Å²) in [5.41, 5.74) is 2.83. The zero-order valence-corrected chi connectivity index (χ0v) is 16.3. The number of benzene rings is 2. The van der Waals surface area contributed by atoms with Gasteiger partial charge in [0.1, 0.15) is 11.5 Å². The van der Waals surface area contributed by atoms with Crippen molar-refractivity contribution in [1.82, 2.24) is 0 Å². The number of ketones is 1. The Labute approximate surface area is 160 Å². The summed E-state index contributed by atoms with van der Waals surface area (Å²) in [5.74, 6) is 0.471. The van der Waals surface area contributed by atoms with Crippen LogP contribution in [-0.2, 0) is 4.79 Å². The highest BCUT2D eigenvalue weighted by Crippen LogP contribution is 2.51. The van der Waals surface area contributed by atoms with E-state index in [4.69, 9.17) is 0 Å². The van der Waals surface area contributed by atoms with Crippen molar-refractivity contribution >= 4 is 17.9 Å². The van der Waals surface area contributed by atoms with Gasteiger partial charge in [0.15, 0.2) is 5.78 Å². The summed E-state index contributed by atoms with van der Waals surface area (Å²) in [4.78, 5) is 13.5. The van der Waals surface area contributed by atoms with Gasteiger partial charge in [-0.1, -0.05) is 52.0 Å². The summed E-state index contributed by atoms with van der Waals surface area (Å²) in [6.07, 6.45) is 4.71. The number of allylic oxidation sites excluding steroid dienone is 2. The number of hydrogen-bond donors (Lipinski definition) is 2. The lowest BCUT2D eigenvalue weighted by Gasteiger charge is -2.43. The highest BCUT2D eigenvalue weighted by molar-refractivity contribution is 6.15. The standard InChI is InChI=1S/C24H26O3/c1-23(2)15-24(3,4)21(14-17-7-11-19(26)12-8-17)22(27)20(23)13-16-5-9-18(25)10-6-16/h5-14,25-26H,15H2,1-4H3. The molecule has 0 bridgehead atoms. The van der Waals surface area contributed by atoms with E-state index in [1.54, 1.807) is 24.3 Å². The molecule has 3 rings (SSSR count). The Morgan fingerprint density at radius 2 is 1.04 bits per heavy atom. The van der Waals surface area contributed by atoms with Crippen LogP contribution in [0.1, 0.15) is 45.2 Å². The second-order valence-corrected chi connectivity index (χ2v) is 8.57. The Hall–Kier alpha value is -2.81. The van der Waals surface area contributed by atoms with Gasteiger partial charge in [0.05, 0.1) is 0 Å². The van der Waals surface area contributed by atoms with Crippen LogP contribution in [0.2, 0.25) is 0 Å². The van der Waals surface area contributed by atoms with E-state index in [2.05, 4.69) is 27.7 Å². The highest BCUT2D eigenvalue weighted by Gasteiger charge is 2.45. The summed E-state index contributed by atoms with van der Waals surface area (Å²) in [6.45, 7) is 8.43. The molecule has 0 radical (unpaired) electrons. The predicted octanol–water partition coefficient (Wildman–Crippen LogP) is 5.59. The highest BCUT2D eigenvalue weighted by atomic mass is 16.3. The number of hydrogen-bond acceptors (Lipinski definition) is 3. The second-order valence-electron chi connectivity index (χ2n) is 8.57. The number of phenolic OH excluding ortho intramolecular Hbond substituents is 2. The second kappa shape index (κ2) is 6.73. The molecule has 0 unspecified atom stereocenters. The number of aromatic hydroxyl groups is 2. The molecule has 1 aliphatic rings. The summed E-state index contributed by atoms with van der Waals surface area (Å²) in [6, 6.07) is 13.8. The van der Waals surface area contributed by atoms with Crippen molar-refractivity contribution in [2.45, 2.75) is 34.1 Å². The number of Topliss-reactive ketones (excluding diaryl/α,β-unsaturated/α-hetero) is 1. The van der Waals surface area contributed by atoms with Gasteiger partial charge in [-0.15, -0.1) is 0 Å². The topological polar surface area (TPSA) is 57.5 Å². The van der Waals surface area contributed by atoms with Crippen molar-refractivity contribution in [2.75, 3.05) is 0 Å². The smallest absolute Gasteiger partial charge is 0.186 e. The van der Waals surface area contributed by atoms with Crippen molar-refractivity contribution < 1.29 is 15.0 Å². The molecule has 0 atom stereocenters. The molecule has 140 valence electrons. The fourth-order valence-corrected chi connectivity index (χ4v) is 4.05.